The molecule has 0 aliphatic heterocycles. The molecule has 1 N–H and O–H groups in total. The van der Waals surface area contributed by atoms with Crippen LogP contribution in [0, 0.1) is 29.1 Å². The number of hydrogen-bond donors (Lipinski definition) is 1. The first-order valence-electron chi connectivity index (χ1n) is 6.89. The SMILES string of the molecule is C[C@@H](Nc1ncccc1C#N)[C@H]1C[C@H]2CC[C@H]1C2. The molecule has 0 amide bonds. The molecule has 1 aromatic heterocycles. The molecule has 2 bridgehead atoms. The van der Waals surface area contributed by atoms with E-state index in [4.69, 9.17) is 5.26 Å². The third-order valence-corrected chi connectivity index (χ3v) is 4.73. The molecule has 0 aromatic carbocycles. The van der Waals surface area contributed by atoms with Crippen molar-refractivity contribution in [1.29, 1.82) is 5.26 Å². The van der Waals surface area contributed by atoms with E-state index in [2.05, 4.69) is 23.3 Å². The number of rotatable bonds is 3. The van der Waals surface area contributed by atoms with Crippen LogP contribution in [0.1, 0.15) is 38.2 Å². The summed E-state index contributed by atoms with van der Waals surface area (Å²) in [5.74, 6) is 3.36. The molecule has 0 unspecified atom stereocenters. The monoisotopic (exact) mass is 241 g/mol. The number of nitrogens with one attached hydrogen (secondary N) is 1. The first-order valence-corrected chi connectivity index (χ1v) is 6.89. The Morgan fingerprint density at radius 2 is 2.33 bits per heavy atom. The molecule has 3 rings (SSSR count). The highest BCUT2D eigenvalue weighted by Gasteiger charge is 2.41. The normalized spacial score (nSPS) is 31.0. The van der Waals surface area contributed by atoms with Crippen molar-refractivity contribution in [2.24, 2.45) is 17.8 Å². The number of nitriles is 1. The van der Waals surface area contributed by atoms with Crippen molar-refractivity contribution in [2.75, 3.05) is 5.32 Å². The van der Waals surface area contributed by atoms with Gasteiger partial charge in [0.25, 0.3) is 0 Å². The van der Waals surface area contributed by atoms with Gasteiger partial charge in [-0.3, -0.25) is 0 Å². The van der Waals surface area contributed by atoms with Crippen LogP contribution in [0.25, 0.3) is 0 Å². The summed E-state index contributed by atoms with van der Waals surface area (Å²) in [7, 11) is 0. The number of aromatic nitrogens is 1. The van der Waals surface area contributed by atoms with E-state index in [1.165, 1.54) is 25.7 Å². The van der Waals surface area contributed by atoms with Crippen molar-refractivity contribution in [2.45, 2.75) is 38.6 Å². The van der Waals surface area contributed by atoms with Crippen LogP contribution in [0.3, 0.4) is 0 Å². The van der Waals surface area contributed by atoms with Crippen LogP contribution in [0.5, 0.6) is 0 Å². The molecule has 2 aliphatic carbocycles. The fourth-order valence-electron chi connectivity index (χ4n) is 3.84. The molecule has 94 valence electrons. The fourth-order valence-corrected chi connectivity index (χ4v) is 3.84. The highest BCUT2D eigenvalue weighted by atomic mass is 15.0. The van der Waals surface area contributed by atoms with E-state index >= 15 is 0 Å². The Hall–Kier alpha value is -1.56. The largest absolute Gasteiger partial charge is 0.366 e. The van der Waals surface area contributed by atoms with Gasteiger partial charge in [0.15, 0.2) is 0 Å². The molecule has 0 radical (unpaired) electrons. The van der Waals surface area contributed by atoms with Crippen molar-refractivity contribution in [1.82, 2.24) is 4.98 Å². The number of pyridine rings is 1. The van der Waals surface area contributed by atoms with Crippen molar-refractivity contribution >= 4 is 5.82 Å². The maximum Gasteiger partial charge on any atom is 0.144 e. The summed E-state index contributed by atoms with van der Waals surface area (Å²) in [6.45, 7) is 2.24. The molecule has 2 aliphatic rings. The number of hydrogen-bond acceptors (Lipinski definition) is 3. The van der Waals surface area contributed by atoms with Gasteiger partial charge in [0.05, 0.1) is 5.56 Å². The minimum atomic E-state index is 0.419. The highest BCUT2D eigenvalue weighted by Crippen LogP contribution is 2.49. The minimum absolute atomic E-state index is 0.419. The van der Waals surface area contributed by atoms with Gasteiger partial charge in [0.2, 0.25) is 0 Å². The lowest BCUT2D eigenvalue weighted by atomic mass is 9.84. The molecule has 2 saturated carbocycles. The summed E-state index contributed by atoms with van der Waals surface area (Å²) in [5, 5.41) is 12.5. The molecule has 3 nitrogen and oxygen atoms in total. The standard InChI is InChI=1S/C15H19N3/c1-10(14-8-11-4-5-12(14)7-11)18-15-13(9-16)3-2-6-17-15/h2-3,6,10-12,14H,4-5,7-8H2,1H3,(H,17,18)/t10-,11+,12+,14-/m1/s1. The van der Waals surface area contributed by atoms with Crippen LogP contribution < -0.4 is 5.32 Å². The number of anilines is 1. The second kappa shape index (κ2) is 4.61. The summed E-state index contributed by atoms with van der Waals surface area (Å²) in [5.41, 5.74) is 0.646. The summed E-state index contributed by atoms with van der Waals surface area (Å²) in [4.78, 5) is 4.29. The maximum absolute atomic E-state index is 9.07. The zero-order valence-corrected chi connectivity index (χ0v) is 10.8. The van der Waals surface area contributed by atoms with E-state index < -0.39 is 0 Å². The topological polar surface area (TPSA) is 48.7 Å². The second-order valence-electron chi connectivity index (χ2n) is 5.78. The predicted octanol–water partition coefficient (Wildman–Crippen LogP) is 3.19. The van der Waals surface area contributed by atoms with Gasteiger partial charge >= 0.3 is 0 Å². The lowest BCUT2D eigenvalue weighted by Gasteiger charge is -2.29. The van der Waals surface area contributed by atoms with Gasteiger partial charge in [0, 0.05) is 12.2 Å². The zero-order valence-electron chi connectivity index (χ0n) is 10.8. The zero-order chi connectivity index (χ0) is 12.5. The van der Waals surface area contributed by atoms with Gasteiger partial charge in [-0.2, -0.15) is 5.26 Å². The molecule has 1 aromatic rings. The summed E-state index contributed by atoms with van der Waals surface area (Å²) >= 11 is 0. The molecule has 3 heteroatoms. The van der Waals surface area contributed by atoms with Crippen molar-refractivity contribution in [3.05, 3.63) is 23.9 Å². The van der Waals surface area contributed by atoms with E-state index in [0.717, 1.165) is 23.6 Å². The van der Waals surface area contributed by atoms with E-state index in [1.54, 1.807) is 6.20 Å². The molecular weight excluding hydrogens is 222 g/mol. The lowest BCUT2D eigenvalue weighted by molar-refractivity contribution is 0.304. The van der Waals surface area contributed by atoms with Gasteiger partial charge in [-0.15, -0.1) is 0 Å². The third-order valence-electron chi connectivity index (χ3n) is 4.73. The molecule has 1 heterocycles. The van der Waals surface area contributed by atoms with E-state index in [0.29, 0.717) is 11.6 Å². The van der Waals surface area contributed by atoms with Crippen molar-refractivity contribution in [3.63, 3.8) is 0 Å². The molecular formula is C15H19N3. The number of fused-ring (bicyclic) bond motifs is 2. The third kappa shape index (κ3) is 1.96. The Labute approximate surface area is 108 Å². The quantitative estimate of drug-likeness (QED) is 0.884. The summed E-state index contributed by atoms with van der Waals surface area (Å²) in [6, 6.07) is 6.25. The average molecular weight is 241 g/mol. The summed E-state index contributed by atoms with van der Waals surface area (Å²) < 4.78 is 0. The van der Waals surface area contributed by atoms with Crippen LogP contribution in [-0.2, 0) is 0 Å². The van der Waals surface area contributed by atoms with Crippen molar-refractivity contribution < 1.29 is 0 Å². The van der Waals surface area contributed by atoms with Crippen LogP contribution in [0.2, 0.25) is 0 Å². The Kier molecular flexibility index (Phi) is 2.95. The molecule has 0 spiro atoms. The van der Waals surface area contributed by atoms with E-state index in [9.17, 15) is 0 Å². The second-order valence-corrected chi connectivity index (χ2v) is 5.78. The average Bonchev–Trinajstić information content (AvgIpc) is 3.01. The first kappa shape index (κ1) is 11.5. The Balaban J connectivity index is 1.71. The fraction of sp³-hybridized carbons (Fsp3) is 0.600. The van der Waals surface area contributed by atoms with Crippen LogP contribution in [0.15, 0.2) is 18.3 Å². The molecule has 18 heavy (non-hydrogen) atoms. The van der Waals surface area contributed by atoms with E-state index in [-0.39, 0.29) is 0 Å². The van der Waals surface area contributed by atoms with Crippen LogP contribution >= 0.6 is 0 Å². The van der Waals surface area contributed by atoms with Crippen LogP contribution in [0.4, 0.5) is 5.82 Å². The number of nitrogens with zero attached hydrogens (tertiary/aromatic N) is 2. The molecule has 0 saturated heterocycles. The predicted molar refractivity (Wildman–Crippen MR) is 71.0 cm³/mol. The Bertz CT molecular complexity index is 477. The molecule has 2 fully saturated rings. The smallest absolute Gasteiger partial charge is 0.144 e. The van der Waals surface area contributed by atoms with Gasteiger partial charge < -0.3 is 5.32 Å². The van der Waals surface area contributed by atoms with Gasteiger partial charge in [-0.05, 0) is 56.1 Å². The summed E-state index contributed by atoms with van der Waals surface area (Å²) in [6.07, 6.45) is 7.35. The maximum atomic E-state index is 9.07. The molecule has 4 atom stereocenters. The lowest BCUT2D eigenvalue weighted by Crippen LogP contribution is -2.30. The highest BCUT2D eigenvalue weighted by molar-refractivity contribution is 5.51. The minimum Gasteiger partial charge on any atom is -0.366 e. The Morgan fingerprint density at radius 3 is 3.00 bits per heavy atom. The van der Waals surface area contributed by atoms with Crippen molar-refractivity contribution in [3.8, 4) is 6.07 Å². The van der Waals surface area contributed by atoms with E-state index in [1.807, 2.05) is 12.1 Å². The first-order chi connectivity index (χ1) is 8.78. The Morgan fingerprint density at radius 1 is 1.44 bits per heavy atom. The van der Waals surface area contributed by atoms with Gasteiger partial charge in [-0.25, -0.2) is 4.98 Å². The van der Waals surface area contributed by atoms with Gasteiger partial charge in [-0.1, -0.05) is 6.42 Å². The van der Waals surface area contributed by atoms with Crippen LogP contribution in [-0.4, -0.2) is 11.0 Å². The van der Waals surface area contributed by atoms with Gasteiger partial charge in [0.1, 0.15) is 11.9 Å².